The van der Waals surface area contributed by atoms with E-state index in [-0.39, 0.29) is 0 Å². The molecule has 0 fully saturated rings. The highest BCUT2D eigenvalue weighted by Crippen LogP contribution is 2.18. The minimum atomic E-state index is 0.786. The van der Waals surface area contributed by atoms with Crippen LogP contribution in [0.15, 0.2) is 24.3 Å². The Labute approximate surface area is 197 Å². The van der Waals surface area contributed by atoms with E-state index in [0.717, 1.165) is 18.9 Å². The molecule has 1 unspecified atom stereocenters. The van der Waals surface area contributed by atoms with Gasteiger partial charge in [0.25, 0.3) is 0 Å². The molecule has 0 saturated heterocycles. The Kier molecular flexibility index (Phi) is 27.0. The standard InChI is InChI=1S/C30H59N/c1-3-5-7-9-11-12-13-14-15-16-17-18-19-20-22-24-26-28-30(29-31)27-25-23-21-10-8-6-4-2/h11-12,14-15,30H,3-10,13,16-29,31H2,1-2H3. The molecule has 0 saturated carbocycles. The van der Waals surface area contributed by atoms with Crippen LogP contribution < -0.4 is 5.73 Å². The van der Waals surface area contributed by atoms with Gasteiger partial charge >= 0.3 is 0 Å². The van der Waals surface area contributed by atoms with Crippen LogP contribution in [0.5, 0.6) is 0 Å². The van der Waals surface area contributed by atoms with Crippen molar-refractivity contribution >= 4 is 0 Å². The number of rotatable bonds is 25. The predicted molar refractivity (Wildman–Crippen MR) is 144 cm³/mol. The maximum Gasteiger partial charge on any atom is -0.00489 e. The molecule has 0 bridgehead atoms. The van der Waals surface area contributed by atoms with E-state index in [4.69, 9.17) is 5.73 Å². The molecular weight excluding hydrogens is 374 g/mol. The lowest BCUT2D eigenvalue weighted by molar-refractivity contribution is 0.410. The molecule has 0 aromatic heterocycles. The van der Waals surface area contributed by atoms with Gasteiger partial charge in [-0.25, -0.2) is 0 Å². The number of hydrogen-bond acceptors (Lipinski definition) is 1. The summed E-state index contributed by atoms with van der Waals surface area (Å²) in [6, 6.07) is 0. The van der Waals surface area contributed by atoms with Crippen LogP contribution in [-0.2, 0) is 0 Å². The summed E-state index contributed by atoms with van der Waals surface area (Å²) in [5.41, 5.74) is 6.02. The molecule has 0 aliphatic carbocycles. The highest BCUT2D eigenvalue weighted by Gasteiger charge is 2.06. The van der Waals surface area contributed by atoms with Gasteiger partial charge in [-0.15, -0.1) is 0 Å². The fourth-order valence-electron chi connectivity index (χ4n) is 4.37. The molecule has 0 aromatic carbocycles. The Balaban J connectivity index is 3.33. The first-order chi connectivity index (χ1) is 15.3. The Morgan fingerprint density at radius 3 is 1.35 bits per heavy atom. The average Bonchev–Trinajstić information content (AvgIpc) is 2.79. The van der Waals surface area contributed by atoms with E-state index >= 15 is 0 Å². The van der Waals surface area contributed by atoms with Gasteiger partial charge in [-0.05, 0) is 57.4 Å². The van der Waals surface area contributed by atoms with Crippen LogP contribution in [0.1, 0.15) is 155 Å². The first kappa shape index (κ1) is 30.4. The van der Waals surface area contributed by atoms with Gasteiger partial charge in [0.15, 0.2) is 0 Å². The van der Waals surface area contributed by atoms with E-state index in [2.05, 4.69) is 38.2 Å². The summed E-state index contributed by atoms with van der Waals surface area (Å²) >= 11 is 0. The molecule has 0 radical (unpaired) electrons. The van der Waals surface area contributed by atoms with Gasteiger partial charge in [-0.3, -0.25) is 0 Å². The number of unbranched alkanes of at least 4 members (excludes halogenated alkanes) is 16. The van der Waals surface area contributed by atoms with E-state index in [0.29, 0.717) is 0 Å². The molecule has 0 aromatic rings. The fraction of sp³-hybridized carbons (Fsp3) is 0.867. The third-order valence-electron chi connectivity index (χ3n) is 6.61. The third-order valence-corrected chi connectivity index (χ3v) is 6.61. The second kappa shape index (κ2) is 27.5. The lowest BCUT2D eigenvalue weighted by atomic mass is 9.94. The molecule has 184 valence electrons. The summed E-state index contributed by atoms with van der Waals surface area (Å²) in [6.45, 7) is 5.46. The van der Waals surface area contributed by atoms with Crippen LogP contribution in [0, 0.1) is 5.92 Å². The quantitative estimate of drug-likeness (QED) is 0.112. The predicted octanol–water partition coefficient (Wildman–Crippen LogP) is 10.3. The topological polar surface area (TPSA) is 26.0 Å². The molecule has 1 atom stereocenters. The summed E-state index contributed by atoms with van der Waals surface area (Å²) in [6.07, 6.45) is 39.6. The average molecular weight is 434 g/mol. The summed E-state index contributed by atoms with van der Waals surface area (Å²) in [4.78, 5) is 0. The maximum absolute atomic E-state index is 6.02. The zero-order valence-electron chi connectivity index (χ0n) is 21.7. The molecule has 0 amide bonds. The molecule has 0 heterocycles. The van der Waals surface area contributed by atoms with E-state index in [1.807, 2.05) is 0 Å². The lowest BCUT2D eigenvalue weighted by Crippen LogP contribution is -2.14. The Morgan fingerprint density at radius 2 is 0.871 bits per heavy atom. The molecule has 1 heteroatoms. The molecule has 0 aliphatic rings. The second-order valence-corrected chi connectivity index (χ2v) is 9.74. The molecule has 0 rings (SSSR count). The van der Waals surface area contributed by atoms with Crippen LogP contribution in [0.4, 0.5) is 0 Å². The van der Waals surface area contributed by atoms with Crippen molar-refractivity contribution in [3.63, 3.8) is 0 Å². The van der Waals surface area contributed by atoms with Crippen molar-refractivity contribution in [1.82, 2.24) is 0 Å². The van der Waals surface area contributed by atoms with Gasteiger partial charge in [-0.2, -0.15) is 0 Å². The highest BCUT2D eigenvalue weighted by atomic mass is 14.5. The molecular formula is C30H59N. The molecule has 0 aliphatic heterocycles. The van der Waals surface area contributed by atoms with Crippen molar-refractivity contribution in [2.45, 2.75) is 155 Å². The Morgan fingerprint density at radius 1 is 0.484 bits per heavy atom. The van der Waals surface area contributed by atoms with E-state index < -0.39 is 0 Å². The fourth-order valence-corrected chi connectivity index (χ4v) is 4.37. The van der Waals surface area contributed by atoms with Crippen LogP contribution in [0.3, 0.4) is 0 Å². The first-order valence-corrected chi connectivity index (χ1v) is 14.3. The van der Waals surface area contributed by atoms with Crippen molar-refractivity contribution in [2.24, 2.45) is 11.7 Å². The van der Waals surface area contributed by atoms with E-state index in [1.54, 1.807) is 0 Å². The Bertz CT molecular complexity index is 371. The summed E-state index contributed by atoms with van der Waals surface area (Å²) in [5, 5.41) is 0. The first-order valence-electron chi connectivity index (χ1n) is 14.3. The zero-order valence-corrected chi connectivity index (χ0v) is 21.7. The summed E-state index contributed by atoms with van der Waals surface area (Å²) < 4.78 is 0. The van der Waals surface area contributed by atoms with Crippen molar-refractivity contribution < 1.29 is 0 Å². The van der Waals surface area contributed by atoms with Crippen molar-refractivity contribution in [3.05, 3.63) is 24.3 Å². The molecule has 1 nitrogen and oxygen atoms in total. The Hall–Kier alpha value is -0.560. The molecule has 0 spiro atoms. The zero-order chi connectivity index (χ0) is 22.7. The highest BCUT2D eigenvalue weighted by molar-refractivity contribution is 4.92. The third kappa shape index (κ3) is 25.6. The minimum absolute atomic E-state index is 0.786. The van der Waals surface area contributed by atoms with Gasteiger partial charge in [0, 0.05) is 0 Å². The van der Waals surface area contributed by atoms with Gasteiger partial charge in [0.05, 0.1) is 0 Å². The molecule has 2 N–H and O–H groups in total. The van der Waals surface area contributed by atoms with E-state index in [9.17, 15) is 0 Å². The van der Waals surface area contributed by atoms with Gasteiger partial charge in [-0.1, -0.05) is 134 Å². The van der Waals surface area contributed by atoms with Crippen molar-refractivity contribution in [2.75, 3.05) is 6.54 Å². The lowest BCUT2D eigenvalue weighted by Gasteiger charge is -2.14. The minimum Gasteiger partial charge on any atom is -0.330 e. The number of allylic oxidation sites excluding steroid dienone is 4. The van der Waals surface area contributed by atoms with Crippen LogP contribution >= 0.6 is 0 Å². The number of nitrogens with two attached hydrogens (primary N) is 1. The van der Waals surface area contributed by atoms with E-state index in [1.165, 1.54) is 135 Å². The van der Waals surface area contributed by atoms with Crippen LogP contribution in [0.2, 0.25) is 0 Å². The van der Waals surface area contributed by atoms with Crippen molar-refractivity contribution in [1.29, 1.82) is 0 Å². The van der Waals surface area contributed by atoms with Gasteiger partial charge in [0.1, 0.15) is 0 Å². The summed E-state index contributed by atoms with van der Waals surface area (Å²) in [5.74, 6) is 0.786. The smallest absolute Gasteiger partial charge is 0.00489 e. The van der Waals surface area contributed by atoms with Crippen molar-refractivity contribution in [3.8, 4) is 0 Å². The van der Waals surface area contributed by atoms with Gasteiger partial charge < -0.3 is 5.73 Å². The monoisotopic (exact) mass is 433 g/mol. The largest absolute Gasteiger partial charge is 0.330 e. The maximum atomic E-state index is 6.02. The van der Waals surface area contributed by atoms with Gasteiger partial charge in [0.2, 0.25) is 0 Å². The second-order valence-electron chi connectivity index (χ2n) is 9.74. The number of hydrogen-bond donors (Lipinski definition) is 1. The normalized spacial score (nSPS) is 13.0. The SMILES string of the molecule is CCCCCC=CCC=CCCCCCCCCCC(CN)CCCCCCCCC. The van der Waals surface area contributed by atoms with Crippen LogP contribution in [-0.4, -0.2) is 6.54 Å². The molecule has 31 heavy (non-hydrogen) atoms. The van der Waals surface area contributed by atoms with Crippen LogP contribution in [0.25, 0.3) is 0 Å². The summed E-state index contributed by atoms with van der Waals surface area (Å²) in [7, 11) is 0.